The maximum atomic E-state index is 12.1. The number of hydrogen-bond donors (Lipinski definition) is 1. The molecule has 0 bridgehead atoms. The largest absolute Gasteiger partial charge is 0.481 e. The molecule has 0 aromatic carbocycles. The molecule has 0 radical (unpaired) electrons. The van der Waals surface area contributed by atoms with Crippen LogP contribution in [0, 0.1) is 16.0 Å². The fourth-order valence-corrected chi connectivity index (χ4v) is 2.13. The van der Waals surface area contributed by atoms with Crippen molar-refractivity contribution in [2.75, 3.05) is 20.3 Å². The molecule has 21 heavy (non-hydrogen) atoms. The van der Waals surface area contributed by atoms with Gasteiger partial charge in [-0.3, -0.25) is 24.4 Å². The molecule has 10 nitrogen and oxygen atoms in total. The van der Waals surface area contributed by atoms with Crippen molar-refractivity contribution in [3.05, 3.63) is 22.5 Å². The van der Waals surface area contributed by atoms with Crippen LogP contribution in [-0.4, -0.2) is 62.9 Å². The minimum absolute atomic E-state index is 0.0604. The number of carbonyl (C=O) groups is 2. The molecule has 0 aliphatic carbocycles. The van der Waals surface area contributed by atoms with Gasteiger partial charge in [0.05, 0.1) is 24.2 Å². The van der Waals surface area contributed by atoms with Crippen LogP contribution in [0.25, 0.3) is 0 Å². The lowest BCUT2D eigenvalue weighted by atomic mass is 10.0. The Kier molecular flexibility index (Phi) is 4.17. The average molecular weight is 298 g/mol. The summed E-state index contributed by atoms with van der Waals surface area (Å²) in [5.74, 6) is -2.19. The van der Waals surface area contributed by atoms with Crippen LogP contribution in [0.3, 0.4) is 0 Å². The molecule has 1 saturated heterocycles. The number of nitrogens with zero attached hydrogens (tertiary/aromatic N) is 4. The summed E-state index contributed by atoms with van der Waals surface area (Å²) < 4.78 is 6.24. The van der Waals surface area contributed by atoms with Crippen LogP contribution in [0.4, 0.5) is 5.69 Å². The Morgan fingerprint density at radius 1 is 1.62 bits per heavy atom. The number of carboxylic acids is 1. The van der Waals surface area contributed by atoms with Crippen molar-refractivity contribution in [1.29, 1.82) is 0 Å². The number of hydrogen-bond acceptors (Lipinski definition) is 6. The molecule has 1 aliphatic heterocycles. The van der Waals surface area contributed by atoms with Crippen molar-refractivity contribution in [2.45, 2.75) is 12.6 Å². The van der Waals surface area contributed by atoms with Crippen LogP contribution < -0.4 is 0 Å². The number of likely N-dealkylation sites (N-methyl/N-ethyl adjacent to an activating group) is 1. The number of aromatic nitrogens is 2. The summed E-state index contributed by atoms with van der Waals surface area (Å²) in [4.78, 5) is 34.4. The fourth-order valence-electron chi connectivity index (χ4n) is 2.13. The van der Waals surface area contributed by atoms with Gasteiger partial charge in [0.15, 0.2) is 0 Å². The average Bonchev–Trinajstić information content (AvgIpc) is 3.06. The molecule has 10 heteroatoms. The topological polar surface area (TPSA) is 128 Å². The Hall–Kier alpha value is -2.49. The van der Waals surface area contributed by atoms with Gasteiger partial charge in [0.1, 0.15) is 24.9 Å². The summed E-state index contributed by atoms with van der Waals surface area (Å²) in [6, 6.07) is -0.555. The van der Waals surface area contributed by atoms with Crippen molar-refractivity contribution in [1.82, 2.24) is 14.7 Å². The summed E-state index contributed by atoms with van der Waals surface area (Å²) in [5, 5.41) is 23.3. The summed E-state index contributed by atoms with van der Waals surface area (Å²) in [6.45, 7) is 0.0104. The molecular weight excluding hydrogens is 284 g/mol. The van der Waals surface area contributed by atoms with E-state index in [2.05, 4.69) is 5.10 Å². The van der Waals surface area contributed by atoms with Crippen LogP contribution in [0.5, 0.6) is 0 Å². The van der Waals surface area contributed by atoms with Crippen LogP contribution in [0.15, 0.2) is 12.4 Å². The maximum absolute atomic E-state index is 12.1. The highest BCUT2D eigenvalue weighted by atomic mass is 16.6. The Morgan fingerprint density at radius 3 is 2.90 bits per heavy atom. The van der Waals surface area contributed by atoms with E-state index in [-0.39, 0.29) is 25.4 Å². The van der Waals surface area contributed by atoms with Gasteiger partial charge in [0, 0.05) is 7.05 Å². The van der Waals surface area contributed by atoms with E-state index in [9.17, 15) is 19.7 Å². The van der Waals surface area contributed by atoms with Crippen LogP contribution in [-0.2, 0) is 20.9 Å². The molecule has 0 spiro atoms. The smallest absolute Gasteiger partial charge is 0.311 e. The molecule has 1 aromatic heterocycles. The van der Waals surface area contributed by atoms with Gasteiger partial charge >= 0.3 is 11.7 Å². The molecular formula is C11H14N4O6. The molecule has 1 amide bonds. The van der Waals surface area contributed by atoms with Gasteiger partial charge in [-0.1, -0.05) is 0 Å². The Labute approximate surface area is 119 Å². The molecule has 114 valence electrons. The highest BCUT2D eigenvalue weighted by Crippen LogP contribution is 2.19. The molecule has 1 aromatic rings. The van der Waals surface area contributed by atoms with Crippen molar-refractivity contribution in [3.8, 4) is 0 Å². The fraction of sp³-hybridized carbons (Fsp3) is 0.545. The van der Waals surface area contributed by atoms with Gasteiger partial charge in [0.2, 0.25) is 5.91 Å². The number of carbonyl (C=O) groups excluding carboxylic acids is 1. The lowest BCUT2D eigenvalue weighted by Gasteiger charge is -2.26. The van der Waals surface area contributed by atoms with E-state index in [1.807, 2.05) is 0 Å². The Balaban J connectivity index is 2.01. The molecule has 2 rings (SSSR count). The Morgan fingerprint density at radius 2 is 2.33 bits per heavy atom. The van der Waals surface area contributed by atoms with E-state index in [4.69, 9.17) is 9.84 Å². The minimum Gasteiger partial charge on any atom is -0.481 e. The second-order valence-corrected chi connectivity index (χ2v) is 4.71. The molecule has 1 N–H and O–H groups in total. The summed E-state index contributed by atoms with van der Waals surface area (Å²) in [6.07, 6.45) is 2.19. The van der Waals surface area contributed by atoms with Gasteiger partial charge in [-0.25, -0.2) is 0 Å². The molecule has 2 heterocycles. The zero-order valence-electron chi connectivity index (χ0n) is 11.2. The number of carboxylic acid groups (broad SMARTS) is 1. The standard InChI is InChI=1S/C11H14N4O6/c1-13(9-6-21-5-8(9)11(17)18)10(16)4-14-3-7(2-12-14)15(19)20/h2-3,8-9H,4-6H2,1H3,(H,17,18). The SMILES string of the molecule is CN(C(=O)Cn1cc([N+](=O)[O-])cn1)C1COCC1C(=O)O. The van der Waals surface area contributed by atoms with E-state index >= 15 is 0 Å². The second-order valence-electron chi connectivity index (χ2n) is 4.71. The zero-order chi connectivity index (χ0) is 15.6. The van der Waals surface area contributed by atoms with Gasteiger partial charge in [0.25, 0.3) is 0 Å². The second kappa shape index (κ2) is 5.87. The van der Waals surface area contributed by atoms with E-state index in [0.717, 1.165) is 17.1 Å². The summed E-state index contributed by atoms with van der Waals surface area (Å²) in [5.41, 5.74) is -0.210. The number of aliphatic carboxylic acids is 1. The first-order valence-corrected chi connectivity index (χ1v) is 6.13. The monoisotopic (exact) mass is 298 g/mol. The lowest BCUT2D eigenvalue weighted by Crippen LogP contribution is -2.45. The van der Waals surface area contributed by atoms with Crippen LogP contribution in [0.2, 0.25) is 0 Å². The molecule has 0 saturated carbocycles. The van der Waals surface area contributed by atoms with Gasteiger partial charge in [-0.2, -0.15) is 5.10 Å². The third kappa shape index (κ3) is 3.16. The van der Waals surface area contributed by atoms with Gasteiger partial charge in [-0.15, -0.1) is 0 Å². The number of amides is 1. The van der Waals surface area contributed by atoms with Gasteiger partial charge < -0.3 is 14.7 Å². The minimum atomic E-state index is -1.02. The van der Waals surface area contributed by atoms with E-state index in [1.165, 1.54) is 11.9 Å². The van der Waals surface area contributed by atoms with Crippen LogP contribution >= 0.6 is 0 Å². The van der Waals surface area contributed by atoms with E-state index < -0.39 is 28.8 Å². The first kappa shape index (κ1) is 14.9. The molecule has 1 fully saturated rings. The third-order valence-electron chi connectivity index (χ3n) is 3.39. The van der Waals surface area contributed by atoms with Crippen LogP contribution in [0.1, 0.15) is 0 Å². The quantitative estimate of drug-likeness (QED) is 0.565. The van der Waals surface area contributed by atoms with Crippen molar-refractivity contribution in [2.24, 2.45) is 5.92 Å². The predicted molar refractivity (Wildman–Crippen MR) is 67.4 cm³/mol. The van der Waals surface area contributed by atoms with E-state index in [1.54, 1.807) is 0 Å². The number of ether oxygens (including phenoxy) is 1. The van der Waals surface area contributed by atoms with Crippen molar-refractivity contribution >= 4 is 17.6 Å². The van der Waals surface area contributed by atoms with Crippen molar-refractivity contribution in [3.63, 3.8) is 0 Å². The summed E-state index contributed by atoms with van der Waals surface area (Å²) >= 11 is 0. The number of nitro groups is 1. The molecule has 2 unspecified atom stereocenters. The predicted octanol–water partition coefficient (Wildman–Crippen LogP) is -0.651. The maximum Gasteiger partial charge on any atom is 0.311 e. The van der Waals surface area contributed by atoms with Gasteiger partial charge in [-0.05, 0) is 0 Å². The van der Waals surface area contributed by atoms with E-state index in [0.29, 0.717) is 0 Å². The normalized spacial score (nSPS) is 21.2. The lowest BCUT2D eigenvalue weighted by molar-refractivity contribution is -0.385. The summed E-state index contributed by atoms with van der Waals surface area (Å²) in [7, 11) is 1.48. The first-order chi connectivity index (χ1) is 9.90. The third-order valence-corrected chi connectivity index (χ3v) is 3.39. The highest BCUT2D eigenvalue weighted by molar-refractivity contribution is 5.78. The molecule has 1 aliphatic rings. The van der Waals surface area contributed by atoms with Crippen molar-refractivity contribution < 1.29 is 24.4 Å². The highest BCUT2D eigenvalue weighted by Gasteiger charge is 2.38. The number of rotatable bonds is 5. The zero-order valence-corrected chi connectivity index (χ0v) is 11.2. The first-order valence-electron chi connectivity index (χ1n) is 6.13. The Bertz CT molecular complexity index is 571. The molecule has 2 atom stereocenters.